The van der Waals surface area contributed by atoms with Crippen LogP contribution in [0.3, 0.4) is 0 Å². The quantitative estimate of drug-likeness (QED) is 0.864. The number of carboxylic acids is 1. The van der Waals surface area contributed by atoms with Crippen molar-refractivity contribution in [2.45, 2.75) is 25.4 Å². The molecule has 1 saturated heterocycles. The summed E-state index contributed by atoms with van der Waals surface area (Å²) in [4.78, 5) is 28.9. The molecule has 7 nitrogen and oxygen atoms in total. The molecule has 8 heteroatoms. The fraction of sp³-hybridized carbons (Fsp3) is 0.583. The zero-order valence-electron chi connectivity index (χ0n) is 11.3. The van der Waals surface area contributed by atoms with Gasteiger partial charge >= 0.3 is 12.0 Å². The number of morpholine rings is 1. The van der Waals surface area contributed by atoms with Crippen molar-refractivity contribution in [1.29, 1.82) is 0 Å². The Morgan fingerprint density at radius 3 is 2.95 bits per heavy atom. The smallest absolute Gasteiger partial charge is 0.328 e. The van der Waals surface area contributed by atoms with Crippen LogP contribution in [0.2, 0.25) is 0 Å². The fourth-order valence-corrected chi connectivity index (χ4v) is 2.69. The molecule has 1 unspecified atom stereocenters. The molecular weight excluding hydrogens is 282 g/mol. The minimum Gasteiger partial charge on any atom is -0.480 e. The average molecular weight is 299 g/mol. The molecule has 20 heavy (non-hydrogen) atoms. The van der Waals surface area contributed by atoms with Crippen molar-refractivity contribution in [3.8, 4) is 0 Å². The highest BCUT2D eigenvalue weighted by Gasteiger charge is 2.35. The van der Waals surface area contributed by atoms with E-state index in [1.54, 1.807) is 6.20 Å². The molecule has 0 aromatic carbocycles. The molecule has 1 aliphatic heterocycles. The molecule has 0 bridgehead atoms. The van der Waals surface area contributed by atoms with Crippen molar-refractivity contribution in [3.05, 3.63) is 16.6 Å². The van der Waals surface area contributed by atoms with E-state index in [1.165, 1.54) is 16.2 Å². The van der Waals surface area contributed by atoms with Gasteiger partial charge in [0.1, 0.15) is 5.01 Å². The number of carbonyl (C=O) groups is 2. The standard InChI is InChI=1S/C12H17N3O4S/c1-12(2,10-13-3-6-20-10)14-11(18)15-4-5-19-7-8(15)9(16)17/h3,6,8H,4-5,7H2,1-2H3,(H,14,18)(H,16,17). The van der Waals surface area contributed by atoms with Gasteiger partial charge in [-0.3, -0.25) is 0 Å². The van der Waals surface area contributed by atoms with Gasteiger partial charge in [0.2, 0.25) is 0 Å². The molecule has 2 N–H and O–H groups in total. The second-order valence-corrected chi connectivity index (χ2v) is 5.91. The molecule has 110 valence electrons. The number of nitrogens with zero attached hydrogens (tertiary/aromatic N) is 2. The number of nitrogens with one attached hydrogen (secondary N) is 1. The van der Waals surface area contributed by atoms with Crippen LogP contribution in [0.5, 0.6) is 0 Å². The number of thiazole rings is 1. The summed E-state index contributed by atoms with van der Waals surface area (Å²) in [7, 11) is 0. The number of ether oxygens (including phenoxy) is 1. The van der Waals surface area contributed by atoms with Gasteiger partial charge in [0, 0.05) is 18.1 Å². The highest BCUT2D eigenvalue weighted by Crippen LogP contribution is 2.22. The number of amides is 2. The number of carbonyl (C=O) groups excluding carboxylic acids is 1. The first-order valence-electron chi connectivity index (χ1n) is 6.21. The van der Waals surface area contributed by atoms with Crippen LogP contribution in [-0.4, -0.2) is 52.8 Å². The van der Waals surface area contributed by atoms with Crippen LogP contribution < -0.4 is 5.32 Å². The summed E-state index contributed by atoms with van der Waals surface area (Å²) in [6.07, 6.45) is 1.67. The monoisotopic (exact) mass is 299 g/mol. The Morgan fingerprint density at radius 2 is 2.35 bits per heavy atom. The Balaban J connectivity index is 2.08. The van der Waals surface area contributed by atoms with Crippen molar-refractivity contribution in [2.75, 3.05) is 19.8 Å². The second kappa shape index (κ2) is 5.76. The molecule has 1 fully saturated rings. The molecular formula is C12H17N3O4S. The van der Waals surface area contributed by atoms with Crippen LogP contribution in [0.15, 0.2) is 11.6 Å². The summed E-state index contributed by atoms with van der Waals surface area (Å²) in [6.45, 7) is 4.28. The summed E-state index contributed by atoms with van der Waals surface area (Å²) < 4.78 is 5.11. The van der Waals surface area contributed by atoms with Gasteiger partial charge in [-0.05, 0) is 13.8 Å². The van der Waals surface area contributed by atoms with Crippen LogP contribution >= 0.6 is 11.3 Å². The van der Waals surface area contributed by atoms with Crippen LogP contribution in [0.4, 0.5) is 4.79 Å². The highest BCUT2D eigenvalue weighted by atomic mass is 32.1. The molecule has 0 saturated carbocycles. The predicted molar refractivity (Wildman–Crippen MR) is 72.6 cm³/mol. The third kappa shape index (κ3) is 3.07. The number of hydrogen-bond acceptors (Lipinski definition) is 5. The molecule has 0 spiro atoms. The molecule has 1 aliphatic rings. The van der Waals surface area contributed by atoms with E-state index in [4.69, 9.17) is 9.84 Å². The average Bonchev–Trinajstić information content (AvgIpc) is 2.92. The molecule has 2 heterocycles. The predicted octanol–water partition coefficient (Wildman–Crippen LogP) is 0.873. The van der Waals surface area contributed by atoms with E-state index in [1.807, 2.05) is 19.2 Å². The summed E-state index contributed by atoms with van der Waals surface area (Å²) >= 11 is 1.44. The zero-order chi connectivity index (χ0) is 14.8. The van der Waals surface area contributed by atoms with Gasteiger partial charge in [0.25, 0.3) is 0 Å². The summed E-state index contributed by atoms with van der Waals surface area (Å²) in [6, 6.07) is -1.36. The van der Waals surface area contributed by atoms with Crippen LogP contribution in [0.1, 0.15) is 18.9 Å². The van der Waals surface area contributed by atoms with Crippen LogP contribution in [-0.2, 0) is 15.1 Å². The minimum absolute atomic E-state index is 0.0143. The maximum absolute atomic E-state index is 12.3. The molecule has 1 aromatic heterocycles. The zero-order valence-corrected chi connectivity index (χ0v) is 12.1. The molecule has 0 radical (unpaired) electrons. The second-order valence-electron chi connectivity index (χ2n) is 5.01. The summed E-state index contributed by atoms with van der Waals surface area (Å²) in [5.41, 5.74) is -0.646. The topological polar surface area (TPSA) is 91.8 Å². The Kier molecular flexibility index (Phi) is 4.24. The Bertz CT molecular complexity index is 489. The number of urea groups is 1. The third-order valence-electron chi connectivity index (χ3n) is 3.06. The normalized spacial score (nSPS) is 19.7. The number of carboxylic acid groups (broad SMARTS) is 1. The van der Waals surface area contributed by atoms with Crippen LogP contribution in [0, 0.1) is 0 Å². The number of hydrogen-bond donors (Lipinski definition) is 2. The Labute approximate surface area is 120 Å². The van der Waals surface area contributed by atoms with Crippen molar-refractivity contribution in [2.24, 2.45) is 0 Å². The largest absolute Gasteiger partial charge is 0.480 e. The van der Waals surface area contributed by atoms with Gasteiger partial charge in [-0.1, -0.05) is 0 Å². The molecule has 1 atom stereocenters. The van der Waals surface area contributed by atoms with E-state index in [-0.39, 0.29) is 13.2 Å². The number of aromatic nitrogens is 1. The van der Waals surface area contributed by atoms with Crippen LogP contribution in [0.25, 0.3) is 0 Å². The molecule has 2 rings (SSSR count). The van der Waals surface area contributed by atoms with Gasteiger partial charge in [0.05, 0.1) is 18.8 Å². The minimum atomic E-state index is -1.06. The van der Waals surface area contributed by atoms with Crippen molar-refractivity contribution >= 4 is 23.3 Å². The summed E-state index contributed by atoms with van der Waals surface area (Å²) in [5, 5.41) is 14.6. The molecule has 0 aliphatic carbocycles. The van der Waals surface area contributed by atoms with E-state index in [2.05, 4.69) is 10.3 Å². The fourth-order valence-electron chi connectivity index (χ4n) is 1.98. The number of aliphatic carboxylic acids is 1. The van der Waals surface area contributed by atoms with E-state index >= 15 is 0 Å². The molecule has 1 aromatic rings. The van der Waals surface area contributed by atoms with Crippen molar-refractivity contribution in [3.63, 3.8) is 0 Å². The lowest BCUT2D eigenvalue weighted by Gasteiger charge is -2.35. The van der Waals surface area contributed by atoms with Gasteiger partial charge in [0.15, 0.2) is 6.04 Å². The lowest BCUT2D eigenvalue weighted by Crippen LogP contribution is -2.58. The van der Waals surface area contributed by atoms with Gasteiger partial charge in [-0.2, -0.15) is 0 Å². The maximum Gasteiger partial charge on any atom is 0.328 e. The van der Waals surface area contributed by atoms with Gasteiger partial charge in [-0.25, -0.2) is 14.6 Å². The van der Waals surface area contributed by atoms with Crippen molar-refractivity contribution in [1.82, 2.24) is 15.2 Å². The Morgan fingerprint density at radius 1 is 1.60 bits per heavy atom. The SMILES string of the molecule is CC(C)(NC(=O)N1CCOCC1C(=O)O)c1nccs1. The third-order valence-corrected chi connectivity index (χ3v) is 4.16. The molecule has 2 amide bonds. The van der Waals surface area contributed by atoms with Crippen molar-refractivity contribution < 1.29 is 19.4 Å². The first-order chi connectivity index (χ1) is 9.42. The Hall–Kier alpha value is -1.67. The van der Waals surface area contributed by atoms with E-state index in [0.717, 1.165) is 5.01 Å². The first-order valence-corrected chi connectivity index (χ1v) is 7.09. The van der Waals surface area contributed by atoms with E-state index in [9.17, 15) is 9.59 Å². The number of rotatable bonds is 3. The lowest BCUT2D eigenvalue weighted by molar-refractivity contribution is -0.147. The summed E-state index contributed by atoms with van der Waals surface area (Å²) in [5.74, 6) is -1.06. The van der Waals surface area contributed by atoms with Gasteiger partial charge < -0.3 is 20.1 Å². The highest BCUT2D eigenvalue weighted by molar-refractivity contribution is 7.09. The first kappa shape index (κ1) is 14.7. The van der Waals surface area contributed by atoms with E-state index in [0.29, 0.717) is 6.61 Å². The van der Waals surface area contributed by atoms with E-state index < -0.39 is 23.6 Å². The van der Waals surface area contributed by atoms with Gasteiger partial charge in [-0.15, -0.1) is 11.3 Å². The lowest BCUT2D eigenvalue weighted by atomic mass is 10.1. The maximum atomic E-state index is 12.3.